The summed E-state index contributed by atoms with van der Waals surface area (Å²) in [5.41, 5.74) is 5.92. The molecule has 0 saturated heterocycles. The van der Waals surface area contributed by atoms with Gasteiger partial charge >= 0.3 is 0 Å². The SMILES string of the molecule is Nc1cc(F)cc(NC(=O)c2ccc(F)cc2Cl)c1. The van der Waals surface area contributed by atoms with Crippen molar-refractivity contribution in [1.29, 1.82) is 0 Å². The summed E-state index contributed by atoms with van der Waals surface area (Å²) in [7, 11) is 0. The van der Waals surface area contributed by atoms with Crippen molar-refractivity contribution in [3.8, 4) is 0 Å². The lowest BCUT2D eigenvalue weighted by atomic mass is 10.2. The van der Waals surface area contributed by atoms with E-state index in [1.807, 2.05) is 0 Å². The molecule has 0 unspecified atom stereocenters. The Balaban J connectivity index is 2.25. The molecule has 0 radical (unpaired) electrons. The van der Waals surface area contributed by atoms with Gasteiger partial charge in [-0.15, -0.1) is 0 Å². The summed E-state index contributed by atoms with van der Waals surface area (Å²) in [6, 6.07) is 7.03. The lowest BCUT2D eigenvalue weighted by Crippen LogP contribution is -2.13. The molecule has 98 valence electrons. The number of anilines is 2. The first-order valence-corrected chi connectivity index (χ1v) is 5.66. The fraction of sp³-hybridized carbons (Fsp3) is 0. The molecule has 0 heterocycles. The van der Waals surface area contributed by atoms with Crippen LogP contribution in [0.3, 0.4) is 0 Å². The molecule has 1 amide bonds. The average Bonchev–Trinajstić information content (AvgIpc) is 2.26. The number of nitrogens with one attached hydrogen (secondary N) is 1. The van der Waals surface area contributed by atoms with Crippen LogP contribution in [0.1, 0.15) is 10.4 Å². The molecule has 0 aliphatic rings. The summed E-state index contributed by atoms with van der Waals surface area (Å²) in [6.07, 6.45) is 0. The molecule has 6 heteroatoms. The zero-order valence-corrected chi connectivity index (χ0v) is 10.3. The minimum atomic E-state index is -0.574. The molecule has 2 aromatic rings. The zero-order chi connectivity index (χ0) is 14.0. The second-order valence-corrected chi connectivity index (χ2v) is 4.26. The van der Waals surface area contributed by atoms with Crippen LogP contribution in [0.25, 0.3) is 0 Å². The minimum Gasteiger partial charge on any atom is -0.399 e. The molecule has 0 atom stereocenters. The largest absolute Gasteiger partial charge is 0.399 e. The first kappa shape index (κ1) is 13.3. The van der Waals surface area contributed by atoms with Crippen molar-refractivity contribution in [1.82, 2.24) is 0 Å². The van der Waals surface area contributed by atoms with E-state index in [9.17, 15) is 13.6 Å². The van der Waals surface area contributed by atoms with Crippen molar-refractivity contribution in [2.75, 3.05) is 11.1 Å². The van der Waals surface area contributed by atoms with Gasteiger partial charge in [-0.1, -0.05) is 11.6 Å². The fourth-order valence-corrected chi connectivity index (χ4v) is 1.81. The quantitative estimate of drug-likeness (QED) is 0.829. The smallest absolute Gasteiger partial charge is 0.257 e. The molecule has 0 spiro atoms. The van der Waals surface area contributed by atoms with Crippen molar-refractivity contribution in [3.63, 3.8) is 0 Å². The number of hydrogen-bond donors (Lipinski definition) is 2. The molecular formula is C13H9ClF2N2O. The highest BCUT2D eigenvalue weighted by Crippen LogP contribution is 2.20. The highest BCUT2D eigenvalue weighted by atomic mass is 35.5. The van der Waals surface area contributed by atoms with E-state index in [0.717, 1.165) is 24.3 Å². The molecule has 2 aromatic carbocycles. The fourth-order valence-electron chi connectivity index (χ4n) is 1.56. The molecule has 0 aromatic heterocycles. The number of nitrogen functional groups attached to an aromatic ring is 1. The summed E-state index contributed by atoms with van der Waals surface area (Å²) < 4.78 is 26.0. The average molecular weight is 283 g/mol. The third-order valence-corrected chi connectivity index (χ3v) is 2.67. The Hall–Kier alpha value is -2.14. The van der Waals surface area contributed by atoms with Crippen LogP contribution in [0.5, 0.6) is 0 Å². The van der Waals surface area contributed by atoms with E-state index in [1.165, 1.54) is 12.1 Å². The summed E-state index contributed by atoms with van der Waals surface area (Å²) in [6.45, 7) is 0. The van der Waals surface area contributed by atoms with Crippen LogP contribution < -0.4 is 11.1 Å². The Morgan fingerprint density at radius 3 is 2.47 bits per heavy atom. The lowest BCUT2D eigenvalue weighted by Gasteiger charge is -2.07. The number of rotatable bonds is 2. The maximum Gasteiger partial charge on any atom is 0.257 e. The van der Waals surface area contributed by atoms with Crippen molar-refractivity contribution >= 4 is 28.9 Å². The van der Waals surface area contributed by atoms with E-state index in [0.29, 0.717) is 0 Å². The van der Waals surface area contributed by atoms with Crippen LogP contribution in [-0.2, 0) is 0 Å². The number of amides is 1. The van der Waals surface area contributed by atoms with E-state index in [-0.39, 0.29) is 22.0 Å². The zero-order valence-electron chi connectivity index (χ0n) is 9.58. The van der Waals surface area contributed by atoms with Crippen LogP contribution in [0.2, 0.25) is 5.02 Å². The lowest BCUT2D eigenvalue weighted by molar-refractivity contribution is 0.102. The van der Waals surface area contributed by atoms with Gasteiger partial charge in [0.15, 0.2) is 0 Å². The van der Waals surface area contributed by atoms with Crippen molar-refractivity contribution in [3.05, 3.63) is 58.6 Å². The molecule has 2 rings (SSSR count). The summed E-state index contributed by atoms with van der Waals surface area (Å²) >= 11 is 5.75. The van der Waals surface area contributed by atoms with Gasteiger partial charge in [0, 0.05) is 11.4 Å². The summed E-state index contributed by atoms with van der Waals surface area (Å²) in [5.74, 6) is -1.69. The molecule has 0 fully saturated rings. The Kier molecular flexibility index (Phi) is 3.66. The molecule has 3 nitrogen and oxygen atoms in total. The molecule has 3 N–H and O–H groups in total. The van der Waals surface area contributed by atoms with Crippen LogP contribution in [-0.4, -0.2) is 5.91 Å². The van der Waals surface area contributed by atoms with Gasteiger partial charge < -0.3 is 11.1 Å². The normalized spacial score (nSPS) is 10.3. The topological polar surface area (TPSA) is 55.1 Å². The van der Waals surface area contributed by atoms with Crippen molar-refractivity contribution in [2.24, 2.45) is 0 Å². The van der Waals surface area contributed by atoms with Gasteiger partial charge in [-0.25, -0.2) is 8.78 Å². The van der Waals surface area contributed by atoms with Gasteiger partial charge in [-0.3, -0.25) is 4.79 Å². The molecule has 0 saturated carbocycles. The van der Waals surface area contributed by atoms with Crippen molar-refractivity contribution in [2.45, 2.75) is 0 Å². The van der Waals surface area contributed by atoms with E-state index in [2.05, 4.69) is 5.32 Å². The van der Waals surface area contributed by atoms with E-state index >= 15 is 0 Å². The number of carbonyl (C=O) groups is 1. The Morgan fingerprint density at radius 2 is 1.84 bits per heavy atom. The first-order chi connectivity index (χ1) is 8.95. The monoisotopic (exact) mass is 282 g/mol. The predicted molar refractivity (Wildman–Crippen MR) is 70.2 cm³/mol. The van der Waals surface area contributed by atoms with Gasteiger partial charge in [0.25, 0.3) is 5.91 Å². The highest BCUT2D eigenvalue weighted by Gasteiger charge is 2.12. The molecule has 0 aliphatic heterocycles. The molecule has 19 heavy (non-hydrogen) atoms. The minimum absolute atomic E-state index is 0.0260. The van der Waals surface area contributed by atoms with E-state index in [4.69, 9.17) is 17.3 Å². The number of hydrogen-bond acceptors (Lipinski definition) is 2. The summed E-state index contributed by atoms with van der Waals surface area (Å²) in [5, 5.41) is 2.41. The standard InChI is InChI=1S/C13H9ClF2N2O/c14-12-5-7(15)1-2-11(12)13(19)18-10-4-8(16)3-9(17)6-10/h1-6H,17H2,(H,18,19). The third kappa shape index (κ3) is 3.20. The van der Waals surface area contributed by atoms with Crippen LogP contribution in [0.15, 0.2) is 36.4 Å². The maximum absolute atomic E-state index is 13.1. The maximum atomic E-state index is 13.1. The van der Waals surface area contributed by atoms with Gasteiger partial charge in [0.1, 0.15) is 11.6 Å². The van der Waals surface area contributed by atoms with Crippen LogP contribution in [0.4, 0.5) is 20.2 Å². The number of nitrogens with two attached hydrogens (primary N) is 1. The summed E-state index contributed by atoms with van der Waals surface area (Å²) in [4.78, 5) is 11.9. The predicted octanol–water partition coefficient (Wildman–Crippen LogP) is 3.45. The Morgan fingerprint density at radius 1 is 1.11 bits per heavy atom. The second kappa shape index (κ2) is 5.24. The third-order valence-electron chi connectivity index (χ3n) is 2.35. The number of benzene rings is 2. The van der Waals surface area contributed by atoms with Gasteiger partial charge in [-0.2, -0.15) is 0 Å². The van der Waals surface area contributed by atoms with Crippen molar-refractivity contribution < 1.29 is 13.6 Å². The molecule has 0 aliphatic carbocycles. The van der Waals surface area contributed by atoms with Gasteiger partial charge in [0.05, 0.1) is 10.6 Å². The number of carbonyl (C=O) groups excluding carboxylic acids is 1. The highest BCUT2D eigenvalue weighted by molar-refractivity contribution is 6.34. The first-order valence-electron chi connectivity index (χ1n) is 5.28. The Labute approximate surface area is 113 Å². The van der Waals surface area contributed by atoms with E-state index < -0.39 is 17.5 Å². The number of halogens is 3. The van der Waals surface area contributed by atoms with Gasteiger partial charge in [0.2, 0.25) is 0 Å². The van der Waals surface area contributed by atoms with Gasteiger partial charge in [-0.05, 0) is 36.4 Å². The van der Waals surface area contributed by atoms with E-state index in [1.54, 1.807) is 0 Å². The molecular weight excluding hydrogens is 274 g/mol. The second-order valence-electron chi connectivity index (χ2n) is 3.85. The van der Waals surface area contributed by atoms with Crippen LogP contribution in [0, 0.1) is 11.6 Å². The van der Waals surface area contributed by atoms with Crippen LogP contribution >= 0.6 is 11.6 Å². The Bertz CT molecular complexity index is 626. The molecule has 0 bridgehead atoms.